The first-order valence-corrected chi connectivity index (χ1v) is 9.50. The summed E-state index contributed by atoms with van der Waals surface area (Å²) in [5, 5.41) is 3.38. The van der Waals surface area contributed by atoms with Crippen LogP contribution in [0, 0.1) is 0 Å². The molecule has 1 aliphatic heterocycles. The van der Waals surface area contributed by atoms with Gasteiger partial charge in [0.15, 0.2) is 5.96 Å². The monoisotopic (exact) mass is 364 g/mol. The minimum Gasteiger partial charge on any atom is -0.490 e. The highest BCUT2D eigenvalue weighted by Gasteiger charge is 2.21. The fourth-order valence-electron chi connectivity index (χ4n) is 2.86. The molecule has 2 rings (SSSR count). The molecule has 0 bridgehead atoms. The van der Waals surface area contributed by atoms with Crippen molar-refractivity contribution in [2.45, 2.75) is 32.3 Å². The third-order valence-electron chi connectivity index (χ3n) is 4.18. The molecule has 7 nitrogen and oxygen atoms in total. The molecular weight excluding hydrogens is 332 g/mol. The molecule has 146 valence electrons. The summed E-state index contributed by atoms with van der Waals surface area (Å²) in [5.74, 6) is 1.74. The van der Waals surface area contributed by atoms with Gasteiger partial charge in [0.1, 0.15) is 12.4 Å². The van der Waals surface area contributed by atoms with Gasteiger partial charge in [-0.05, 0) is 38.3 Å². The normalized spacial score (nSPS) is 15.9. The maximum Gasteiger partial charge on any atom is 0.194 e. The van der Waals surface area contributed by atoms with Gasteiger partial charge in [-0.1, -0.05) is 0 Å². The number of aromatic nitrogens is 1. The van der Waals surface area contributed by atoms with E-state index in [0.717, 1.165) is 63.8 Å². The molecule has 7 heteroatoms. The van der Waals surface area contributed by atoms with Crippen LogP contribution in [0.25, 0.3) is 0 Å². The van der Waals surface area contributed by atoms with E-state index in [1.807, 2.05) is 12.1 Å². The van der Waals surface area contributed by atoms with E-state index in [-0.39, 0.29) is 0 Å². The van der Waals surface area contributed by atoms with Crippen LogP contribution >= 0.6 is 0 Å². The Morgan fingerprint density at radius 2 is 2.15 bits per heavy atom. The van der Waals surface area contributed by atoms with Gasteiger partial charge in [-0.2, -0.15) is 0 Å². The molecule has 1 aromatic heterocycles. The van der Waals surface area contributed by atoms with Gasteiger partial charge in [-0.15, -0.1) is 0 Å². The predicted molar refractivity (Wildman–Crippen MR) is 103 cm³/mol. The smallest absolute Gasteiger partial charge is 0.194 e. The highest BCUT2D eigenvalue weighted by atomic mass is 16.5. The molecule has 26 heavy (non-hydrogen) atoms. The minimum absolute atomic E-state index is 0.347. The molecule has 0 unspecified atom stereocenters. The Labute approximate surface area is 156 Å². The Morgan fingerprint density at radius 1 is 1.31 bits per heavy atom. The number of rotatable bonds is 10. The number of hydrogen-bond acceptors (Lipinski definition) is 5. The molecule has 1 aliphatic rings. The number of likely N-dealkylation sites (tertiary alicyclic amines) is 1. The van der Waals surface area contributed by atoms with E-state index in [9.17, 15) is 0 Å². The number of methoxy groups -OCH3 is 1. The molecule has 0 amide bonds. The van der Waals surface area contributed by atoms with Crippen molar-refractivity contribution in [3.05, 3.63) is 24.5 Å². The Kier molecular flexibility index (Phi) is 9.82. The second kappa shape index (κ2) is 12.5. The number of piperidine rings is 1. The van der Waals surface area contributed by atoms with E-state index in [2.05, 4.69) is 22.1 Å². The van der Waals surface area contributed by atoms with Gasteiger partial charge in [0.2, 0.25) is 0 Å². The summed E-state index contributed by atoms with van der Waals surface area (Å²) in [6, 6.07) is 3.77. The number of hydrogen-bond donors (Lipinski definition) is 1. The van der Waals surface area contributed by atoms with Crippen LogP contribution in [0.2, 0.25) is 0 Å². The number of pyridine rings is 1. The molecule has 1 saturated heterocycles. The van der Waals surface area contributed by atoms with E-state index in [1.165, 1.54) is 0 Å². The van der Waals surface area contributed by atoms with Crippen LogP contribution in [0.15, 0.2) is 29.5 Å². The van der Waals surface area contributed by atoms with E-state index in [0.29, 0.717) is 19.3 Å². The van der Waals surface area contributed by atoms with Crippen LogP contribution < -0.4 is 10.1 Å². The lowest BCUT2D eigenvalue weighted by atomic mass is 10.1. The first-order valence-electron chi connectivity index (χ1n) is 9.50. The van der Waals surface area contributed by atoms with Crippen molar-refractivity contribution in [3.63, 3.8) is 0 Å². The summed E-state index contributed by atoms with van der Waals surface area (Å²) in [6.45, 7) is 7.57. The molecule has 1 fully saturated rings. The average molecular weight is 364 g/mol. The first kappa shape index (κ1) is 20.5. The highest BCUT2D eigenvalue weighted by Crippen LogP contribution is 2.14. The Hall–Kier alpha value is -1.86. The van der Waals surface area contributed by atoms with E-state index < -0.39 is 0 Å². The second-order valence-electron chi connectivity index (χ2n) is 6.18. The lowest BCUT2D eigenvalue weighted by Gasteiger charge is -2.34. The summed E-state index contributed by atoms with van der Waals surface area (Å²) in [7, 11) is 1.72. The van der Waals surface area contributed by atoms with Crippen LogP contribution in [-0.4, -0.2) is 75.1 Å². The van der Waals surface area contributed by atoms with E-state index in [4.69, 9.17) is 19.2 Å². The van der Waals surface area contributed by atoms with Crippen LogP contribution in [0.3, 0.4) is 0 Å². The molecule has 0 aromatic carbocycles. The summed E-state index contributed by atoms with van der Waals surface area (Å²) in [6.07, 6.45) is 6.82. The molecule has 0 saturated carbocycles. The maximum absolute atomic E-state index is 5.93. The fourth-order valence-corrected chi connectivity index (χ4v) is 2.86. The summed E-state index contributed by atoms with van der Waals surface area (Å²) in [5.41, 5.74) is 0. The Balaban J connectivity index is 1.71. The van der Waals surface area contributed by atoms with Gasteiger partial charge in [-0.3, -0.25) is 4.98 Å². The zero-order valence-electron chi connectivity index (χ0n) is 16.0. The van der Waals surface area contributed by atoms with Crippen LogP contribution in [0.4, 0.5) is 0 Å². The summed E-state index contributed by atoms with van der Waals surface area (Å²) < 4.78 is 16.6. The number of nitrogens with zero attached hydrogens (tertiary/aromatic N) is 3. The van der Waals surface area contributed by atoms with Gasteiger partial charge >= 0.3 is 0 Å². The van der Waals surface area contributed by atoms with Crippen LogP contribution in [0.1, 0.15) is 26.2 Å². The summed E-state index contributed by atoms with van der Waals surface area (Å²) in [4.78, 5) is 11.0. The molecule has 0 spiro atoms. The largest absolute Gasteiger partial charge is 0.490 e. The van der Waals surface area contributed by atoms with Crippen LogP contribution in [-0.2, 0) is 9.47 Å². The SMILES string of the molecule is CCNC(=NCCOc1cccnc1)N1CCC(OCCCOC)CC1. The molecule has 0 atom stereocenters. The molecule has 1 aromatic rings. The van der Waals surface area contributed by atoms with Gasteiger partial charge < -0.3 is 24.4 Å². The van der Waals surface area contributed by atoms with Gasteiger partial charge in [0.05, 0.1) is 18.8 Å². The zero-order chi connectivity index (χ0) is 18.5. The average Bonchev–Trinajstić information content (AvgIpc) is 2.69. The first-order chi connectivity index (χ1) is 12.8. The van der Waals surface area contributed by atoms with Gasteiger partial charge in [0, 0.05) is 46.2 Å². The highest BCUT2D eigenvalue weighted by molar-refractivity contribution is 5.80. The molecule has 1 N–H and O–H groups in total. The van der Waals surface area contributed by atoms with Crippen molar-refractivity contribution in [2.75, 3.05) is 53.1 Å². The fraction of sp³-hybridized carbons (Fsp3) is 0.684. The van der Waals surface area contributed by atoms with Crippen molar-refractivity contribution in [3.8, 4) is 5.75 Å². The molecule has 2 heterocycles. The maximum atomic E-state index is 5.93. The van der Waals surface area contributed by atoms with Crippen LogP contribution in [0.5, 0.6) is 5.75 Å². The van der Waals surface area contributed by atoms with Gasteiger partial charge in [-0.25, -0.2) is 4.99 Å². The molecule has 0 radical (unpaired) electrons. The van der Waals surface area contributed by atoms with Crippen molar-refractivity contribution >= 4 is 5.96 Å². The zero-order valence-corrected chi connectivity index (χ0v) is 16.0. The van der Waals surface area contributed by atoms with Crippen molar-refractivity contribution in [1.29, 1.82) is 0 Å². The van der Waals surface area contributed by atoms with Gasteiger partial charge in [0.25, 0.3) is 0 Å². The summed E-state index contributed by atoms with van der Waals surface area (Å²) >= 11 is 0. The third kappa shape index (κ3) is 7.58. The standard InChI is InChI=1S/C19H32N4O3/c1-3-21-19(22-10-15-26-18-6-4-9-20-16-18)23-11-7-17(8-12-23)25-14-5-13-24-2/h4,6,9,16-17H,3,5,7-8,10-15H2,1-2H3,(H,21,22). The Bertz CT molecular complexity index is 505. The quantitative estimate of drug-likeness (QED) is 0.389. The molecule has 0 aliphatic carbocycles. The Morgan fingerprint density at radius 3 is 2.85 bits per heavy atom. The van der Waals surface area contributed by atoms with E-state index >= 15 is 0 Å². The lowest BCUT2D eigenvalue weighted by Crippen LogP contribution is -2.47. The molecular formula is C19H32N4O3. The number of nitrogens with one attached hydrogen (secondary N) is 1. The van der Waals surface area contributed by atoms with Crippen molar-refractivity contribution < 1.29 is 14.2 Å². The number of aliphatic imine (C=N–C) groups is 1. The predicted octanol–water partition coefficient (Wildman–Crippen LogP) is 1.94. The second-order valence-corrected chi connectivity index (χ2v) is 6.18. The van der Waals surface area contributed by atoms with Crippen molar-refractivity contribution in [1.82, 2.24) is 15.2 Å². The number of ether oxygens (including phenoxy) is 3. The number of guanidine groups is 1. The lowest BCUT2D eigenvalue weighted by molar-refractivity contribution is 0.00990. The topological polar surface area (TPSA) is 68.2 Å². The third-order valence-corrected chi connectivity index (χ3v) is 4.18. The van der Waals surface area contributed by atoms with Crippen molar-refractivity contribution in [2.24, 2.45) is 4.99 Å². The minimum atomic E-state index is 0.347. The van der Waals surface area contributed by atoms with E-state index in [1.54, 1.807) is 19.5 Å².